The van der Waals surface area contributed by atoms with Gasteiger partial charge in [0.1, 0.15) is 12.7 Å². The van der Waals surface area contributed by atoms with Crippen molar-refractivity contribution in [2.24, 2.45) is 7.05 Å². The van der Waals surface area contributed by atoms with Crippen LogP contribution >= 0.6 is 0 Å². The number of hydrogen-bond donors (Lipinski definition) is 0. The smallest absolute Gasteiger partial charge is 0.244 e. The molecule has 4 aromatic rings. The summed E-state index contributed by atoms with van der Waals surface area (Å²) in [6.07, 6.45) is -3.30. The summed E-state index contributed by atoms with van der Waals surface area (Å²) >= 11 is 0. The van der Waals surface area contributed by atoms with Crippen LogP contribution in [0.5, 0.6) is 0 Å². The maximum atomic E-state index is 13.1. The van der Waals surface area contributed by atoms with Crippen LogP contribution < -0.4 is 0 Å². The maximum Gasteiger partial charge on any atom is 0.416 e. The van der Waals surface area contributed by atoms with E-state index < -0.39 is 29.0 Å². The summed E-state index contributed by atoms with van der Waals surface area (Å²) in [5, 5.41) is 15.7. The Bertz CT molecular complexity index is 1270. The molecule has 0 bridgehead atoms. The summed E-state index contributed by atoms with van der Waals surface area (Å²) in [5.41, 5.74) is -2.59. The summed E-state index contributed by atoms with van der Waals surface area (Å²) in [7, 11) is 1.54. The molecule has 1 aromatic carbocycles. The minimum Gasteiger partial charge on any atom is -0.244 e. The largest absolute Gasteiger partial charge is 0.416 e. The predicted octanol–water partition coefficient (Wildman–Crippen LogP) is 3.34. The van der Waals surface area contributed by atoms with Gasteiger partial charge in [-0.05, 0) is 23.4 Å². The third kappa shape index (κ3) is 4.86. The number of aryl methyl sites for hydroxylation is 1. The number of alkyl halides is 6. The number of halogens is 6. The van der Waals surface area contributed by atoms with Gasteiger partial charge in [0.2, 0.25) is 5.82 Å². The quantitative estimate of drug-likeness (QED) is 0.425. The number of benzene rings is 1. The molecular weight excluding hydrogens is 456 g/mol. The van der Waals surface area contributed by atoms with Gasteiger partial charge in [-0.2, -0.15) is 31.1 Å². The maximum absolute atomic E-state index is 13.1. The molecule has 0 atom stereocenters. The fourth-order valence-electron chi connectivity index (χ4n) is 2.78. The van der Waals surface area contributed by atoms with Crippen molar-refractivity contribution in [3.05, 3.63) is 65.8 Å². The molecule has 15 heteroatoms. The molecule has 0 aliphatic carbocycles. The van der Waals surface area contributed by atoms with Gasteiger partial charge < -0.3 is 0 Å². The molecule has 0 unspecified atom stereocenters. The fraction of sp³-hybridized carbons (Fsp3) is 0.167. The highest BCUT2D eigenvalue weighted by Gasteiger charge is 2.37. The number of aromatic nitrogens is 9. The molecule has 0 radical (unpaired) electrons. The lowest BCUT2D eigenvalue weighted by Crippen LogP contribution is -2.11. The fourth-order valence-corrected chi connectivity index (χ4v) is 2.78. The SMILES string of the molecule is Cn1nnc(/C(=C/n2cnc(-c3cc(C(F)(F)F)cc(C(F)(F)F)c3)n2)c2cncnc2)n1. The van der Waals surface area contributed by atoms with Gasteiger partial charge in [-0.1, -0.05) is 0 Å². The zero-order valence-electron chi connectivity index (χ0n) is 16.4. The van der Waals surface area contributed by atoms with Crippen LogP contribution in [0, 0.1) is 0 Å². The van der Waals surface area contributed by atoms with Crippen molar-refractivity contribution >= 4 is 11.8 Å². The van der Waals surface area contributed by atoms with Crippen LogP contribution in [0.2, 0.25) is 0 Å². The zero-order chi connectivity index (χ0) is 23.8. The Balaban J connectivity index is 1.79. The third-order valence-electron chi connectivity index (χ3n) is 4.24. The van der Waals surface area contributed by atoms with E-state index in [0.29, 0.717) is 23.3 Å². The molecule has 0 N–H and O–H groups in total. The van der Waals surface area contributed by atoms with E-state index in [0.717, 1.165) is 11.0 Å². The highest BCUT2D eigenvalue weighted by atomic mass is 19.4. The molecule has 3 heterocycles. The summed E-state index contributed by atoms with van der Waals surface area (Å²) < 4.78 is 80.0. The molecule has 0 fully saturated rings. The second-order valence-corrected chi connectivity index (χ2v) is 6.62. The van der Waals surface area contributed by atoms with Crippen molar-refractivity contribution in [3.8, 4) is 11.4 Å². The van der Waals surface area contributed by atoms with Gasteiger partial charge in [0.15, 0.2) is 5.82 Å². The van der Waals surface area contributed by atoms with Crippen molar-refractivity contribution in [2.45, 2.75) is 12.4 Å². The Hall–Kier alpha value is -4.17. The van der Waals surface area contributed by atoms with Crippen LogP contribution in [0.4, 0.5) is 26.3 Å². The lowest BCUT2D eigenvalue weighted by atomic mass is 10.0. The summed E-state index contributed by atoms with van der Waals surface area (Å²) in [4.78, 5) is 12.9. The minimum atomic E-state index is -4.99. The van der Waals surface area contributed by atoms with Gasteiger partial charge in [0.25, 0.3) is 0 Å². The third-order valence-corrected chi connectivity index (χ3v) is 4.24. The lowest BCUT2D eigenvalue weighted by Gasteiger charge is -2.13. The Morgan fingerprint density at radius 3 is 2.09 bits per heavy atom. The first-order valence-corrected chi connectivity index (χ1v) is 8.93. The van der Waals surface area contributed by atoms with Crippen molar-refractivity contribution in [3.63, 3.8) is 0 Å². The Kier molecular flexibility index (Phi) is 5.39. The van der Waals surface area contributed by atoms with E-state index in [1.165, 1.54) is 36.8 Å². The number of hydrogen-bond acceptors (Lipinski definition) is 7. The minimum absolute atomic E-state index is 0.0354. The van der Waals surface area contributed by atoms with E-state index in [9.17, 15) is 26.3 Å². The average molecular weight is 467 g/mol. The monoisotopic (exact) mass is 467 g/mol. The highest BCUT2D eigenvalue weighted by molar-refractivity contribution is 5.83. The molecule has 170 valence electrons. The van der Waals surface area contributed by atoms with Crippen LogP contribution in [0.3, 0.4) is 0 Å². The molecule has 0 spiro atoms. The number of rotatable bonds is 4. The molecule has 0 saturated carbocycles. The van der Waals surface area contributed by atoms with Crippen molar-refractivity contribution in [1.29, 1.82) is 0 Å². The Morgan fingerprint density at radius 2 is 1.55 bits per heavy atom. The summed E-state index contributed by atoms with van der Waals surface area (Å²) in [6.45, 7) is 0. The average Bonchev–Trinajstić information content (AvgIpc) is 3.40. The standard InChI is InChI=1S/C18H11F6N9/c1-32-29-16(28-31-32)14(11-5-25-8-26-6-11)7-33-9-27-15(30-33)10-2-12(17(19,20)21)4-13(3-10)18(22,23)24/h2-9H,1H3/b14-7+. The van der Waals surface area contributed by atoms with Crippen LogP contribution in [0.1, 0.15) is 22.5 Å². The van der Waals surface area contributed by atoms with Crippen LogP contribution in [0.15, 0.2) is 43.2 Å². The first-order valence-electron chi connectivity index (χ1n) is 8.93. The highest BCUT2D eigenvalue weighted by Crippen LogP contribution is 2.38. The van der Waals surface area contributed by atoms with Crippen molar-refractivity contribution in [2.75, 3.05) is 0 Å². The van der Waals surface area contributed by atoms with Crippen LogP contribution in [-0.4, -0.2) is 44.9 Å². The van der Waals surface area contributed by atoms with Crippen LogP contribution in [0.25, 0.3) is 23.2 Å². The zero-order valence-corrected chi connectivity index (χ0v) is 16.4. The molecule has 33 heavy (non-hydrogen) atoms. The van der Waals surface area contributed by atoms with E-state index in [1.54, 1.807) is 0 Å². The summed E-state index contributed by atoms with van der Waals surface area (Å²) in [6, 6.07) is 1.14. The van der Waals surface area contributed by atoms with Gasteiger partial charge in [0, 0.05) is 29.7 Å². The van der Waals surface area contributed by atoms with Crippen LogP contribution in [-0.2, 0) is 19.4 Å². The lowest BCUT2D eigenvalue weighted by molar-refractivity contribution is -0.143. The van der Waals surface area contributed by atoms with E-state index in [1.807, 2.05) is 0 Å². The van der Waals surface area contributed by atoms with Gasteiger partial charge in [0.05, 0.1) is 23.7 Å². The number of tetrazole rings is 1. The molecule has 0 aliphatic rings. The van der Waals surface area contributed by atoms with Gasteiger partial charge in [-0.25, -0.2) is 19.6 Å². The molecule has 9 nitrogen and oxygen atoms in total. The second kappa shape index (κ2) is 8.07. The second-order valence-electron chi connectivity index (χ2n) is 6.62. The summed E-state index contributed by atoms with van der Waals surface area (Å²) in [5.74, 6) is -0.193. The number of nitrogens with zero attached hydrogens (tertiary/aromatic N) is 9. The molecule has 0 aliphatic heterocycles. The van der Waals surface area contributed by atoms with Gasteiger partial charge in [-0.3, -0.25) is 0 Å². The van der Waals surface area contributed by atoms with E-state index >= 15 is 0 Å². The van der Waals surface area contributed by atoms with Gasteiger partial charge in [-0.15, -0.1) is 15.3 Å². The Morgan fingerprint density at radius 1 is 0.909 bits per heavy atom. The van der Waals surface area contributed by atoms with E-state index in [-0.39, 0.29) is 17.7 Å². The van der Waals surface area contributed by atoms with Crippen molar-refractivity contribution in [1.82, 2.24) is 44.9 Å². The van der Waals surface area contributed by atoms with Crippen molar-refractivity contribution < 1.29 is 26.3 Å². The molecule has 4 rings (SSSR count). The molecule has 3 aromatic heterocycles. The molecule has 0 saturated heterocycles. The van der Waals surface area contributed by atoms with E-state index in [2.05, 4.69) is 35.5 Å². The van der Waals surface area contributed by atoms with E-state index in [4.69, 9.17) is 0 Å². The first kappa shape index (κ1) is 22.0. The Labute approximate surface area is 180 Å². The normalized spacial score (nSPS) is 12.9. The molecule has 0 amide bonds. The molecular formula is C18H11F6N9. The predicted molar refractivity (Wildman–Crippen MR) is 99.6 cm³/mol. The topological polar surface area (TPSA) is 100 Å². The first-order chi connectivity index (χ1) is 15.5. The van der Waals surface area contributed by atoms with Gasteiger partial charge >= 0.3 is 12.4 Å².